The fourth-order valence-electron chi connectivity index (χ4n) is 1.49. The average Bonchev–Trinajstić information content (AvgIpc) is 2.36. The maximum atomic E-state index is 11.4. The third-order valence-corrected chi connectivity index (χ3v) is 8.12. The summed E-state index contributed by atoms with van der Waals surface area (Å²) in [7, 11) is -1.90. The summed E-state index contributed by atoms with van der Waals surface area (Å²) in [6.07, 6.45) is 3.19. The first-order valence-corrected chi connectivity index (χ1v) is 10.2. The molecule has 0 atom stereocenters. The maximum absolute atomic E-state index is 11.4. The van der Waals surface area contributed by atoms with Gasteiger partial charge in [-0.25, -0.2) is 4.79 Å². The number of carbonyl (C=O) groups excluding carboxylic acids is 1. The third kappa shape index (κ3) is 5.05. The summed E-state index contributed by atoms with van der Waals surface area (Å²) in [5.41, 5.74) is 0.898. The maximum Gasteiger partial charge on any atom is 0.330 e. The summed E-state index contributed by atoms with van der Waals surface area (Å²) in [5.74, 6) is 0.490. The van der Waals surface area contributed by atoms with Crippen LogP contribution < -0.4 is 4.43 Å². The molecule has 0 fully saturated rings. The molecule has 0 saturated heterocycles. The number of hydrogen-bond donors (Lipinski definition) is 0. The molecule has 0 unspecified atom stereocenters. The molecule has 1 aromatic rings. The molecule has 0 saturated carbocycles. The van der Waals surface area contributed by atoms with Crippen molar-refractivity contribution in [1.82, 2.24) is 0 Å². The van der Waals surface area contributed by atoms with Crippen LogP contribution in [0, 0.1) is 0 Å². The Morgan fingerprint density at radius 2 is 1.86 bits per heavy atom. The molecule has 1 aromatic carbocycles. The minimum absolute atomic E-state index is 0.130. The summed E-state index contributed by atoms with van der Waals surface area (Å²) < 4.78 is 11.2. The highest BCUT2D eigenvalue weighted by molar-refractivity contribution is 6.74. The average molecular weight is 306 g/mol. The number of para-hydroxylation sites is 1. The van der Waals surface area contributed by atoms with E-state index in [2.05, 4.69) is 33.9 Å². The number of carbonyl (C=O) groups is 1. The topological polar surface area (TPSA) is 35.5 Å². The van der Waals surface area contributed by atoms with Gasteiger partial charge in [0.2, 0.25) is 0 Å². The van der Waals surface area contributed by atoms with Crippen molar-refractivity contribution in [2.75, 3.05) is 6.61 Å². The molecule has 0 aliphatic rings. The minimum atomic E-state index is -1.90. The van der Waals surface area contributed by atoms with E-state index in [0.29, 0.717) is 6.61 Å². The monoisotopic (exact) mass is 306 g/mol. The molecule has 0 aliphatic carbocycles. The molecule has 0 spiro atoms. The first-order chi connectivity index (χ1) is 9.67. The lowest BCUT2D eigenvalue weighted by Gasteiger charge is -2.36. The molecule has 1 rings (SSSR count). The largest absolute Gasteiger partial charge is 0.543 e. The zero-order valence-electron chi connectivity index (χ0n) is 13.9. The van der Waals surface area contributed by atoms with E-state index in [4.69, 9.17) is 9.16 Å². The first kappa shape index (κ1) is 17.5. The van der Waals surface area contributed by atoms with Gasteiger partial charge < -0.3 is 9.16 Å². The van der Waals surface area contributed by atoms with Crippen LogP contribution >= 0.6 is 0 Å². The van der Waals surface area contributed by atoms with Crippen molar-refractivity contribution < 1.29 is 14.0 Å². The van der Waals surface area contributed by atoms with E-state index in [-0.39, 0.29) is 11.0 Å². The van der Waals surface area contributed by atoms with Crippen molar-refractivity contribution in [3.63, 3.8) is 0 Å². The summed E-state index contributed by atoms with van der Waals surface area (Å²) in [6, 6.07) is 7.77. The van der Waals surface area contributed by atoms with Crippen molar-refractivity contribution in [1.29, 1.82) is 0 Å². The molecule has 0 N–H and O–H groups in total. The van der Waals surface area contributed by atoms with Gasteiger partial charge in [-0.3, -0.25) is 0 Å². The Morgan fingerprint density at radius 3 is 2.43 bits per heavy atom. The summed E-state index contributed by atoms with van der Waals surface area (Å²) >= 11 is 0. The number of ether oxygens (including phenoxy) is 1. The van der Waals surface area contributed by atoms with E-state index in [9.17, 15) is 4.79 Å². The Balaban J connectivity index is 2.98. The molecule has 0 aromatic heterocycles. The molecule has 0 bridgehead atoms. The van der Waals surface area contributed by atoms with E-state index in [0.717, 1.165) is 11.3 Å². The predicted molar refractivity (Wildman–Crippen MR) is 89.9 cm³/mol. The van der Waals surface area contributed by atoms with Crippen molar-refractivity contribution >= 4 is 20.4 Å². The highest BCUT2D eigenvalue weighted by atomic mass is 28.4. The zero-order chi connectivity index (χ0) is 16.1. The van der Waals surface area contributed by atoms with Crippen LogP contribution in [-0.4, -0.2) is 20.9 Å². The molecule has 0 amide bonds. The molecule has 4 heteroatoms. The number of esters is 1. The molecule has 3 nitrogen and oxygen atoms in total. The van der Waals surface area contributed by atoms with E-state index < -0.39 is 8.32 Å². The lowest BCUT2D eigenvalue weighted by Crippen LogP contribution is -2.44. The van der Waals surface area contributed by atoms with Gasteiger partial charge in [0.25, 0.3) is 8.32 Å². The van der Waals surface area contributed by atoms with Crippen LogP contribution in [0.5, 0.6) is 5.75 Å². The van der Waals surface area contributed by atoms with Gasteiger partial charge in [0, 0.05) is 11.6 Å². The highest BCUT2D eigenvalue weighted by Crippen LogP contribution is 2.38. The number of hydrogen-bond acceptors (Lipinski definition) is 3. The highest BCUT2D eigenvalue weighted by Gasteiger charge is 2.39. The third-order valence-electron chi connectivity index (χ3n) is 3.78. The van der Waals surface area contributed by atoms with E-state index in [1.165, 1.54) is 6.08 Å². The summed E-state index contributed by atoms with van der Waals surface area (Å²) in [5, 5.41) is 0.130. The standard InChI is InChI=1S/C17H26O3Si/c1-7-19-16(18)13-12-14-10-8-9-11-15(14)20-21(5,6)17(2,3)4/h8-13H,7H2,1-6H3/b13-12+. The minimum Gasteiger partial charge on any atom is -0.543 e. The normalized spacial score (nSPS) is 12.5. The van der Waals surface area contributed by atoms with E-state index in [1.807, 2.05) is 24.3 Å². The van der Waals surface area contributed by atoms with Crippen LogP contribution in [0.2, 0.25) is 18.1 Å². The van der Waals surface area contributed by atoms with Crippen LogP contribution in [-0.2, 0) is 9.53 Å². The van der Waals surface area contributed by atoms with E-state index in [1.54, 1.807) is 13.0 Å². The summed E-state index contributed by atoms with van der Waals surface area (Å²) in [6.45, 7) is 13.2. The van der Waals surface area contributed by atoms with E-state index >= 15 is 0 Å². The second kappa shape index (κ2) is 6.94. The molecule has 0 aliphatic heterocycles. The Labute approximate surface area is 129 Å². The Kier molecular flexibility index (Phi) is 5.78. The smallest absolute Gasteiger partial charge is 0.330 e. The number of rotatable bonds is 5. The van der Waals surface area contributed by atoms with Crippen LogP contribution in [0.15, 0.2) is 30.3 Å². The first-order valence-electron chi connectivity index (χ1n) is 7.30. The lowest BCUT2D eigenvalue weighted by molar-refractivity contribution is -0.137. The zero-order valence-corrected chi connectivity index (χ0v) is 14.9. The Hall–Kier alpha value is -1.55. The molecule has 0 radical (unpaired) electrons. The molecular weight excluding hydrogens is 280 g/mol. The second-order valence-corrected chi connectivity index (χ2v) is 11.2. The van der Waals surface area contributed by atoms with Gasteiger partial charge in [0.1, 0.15) is 5.75 Å². The molecule has 0 heterocycles. The van der Waals surface area contributed by atoms with Crippen molar-refractivity contribution in [3.8, 4) is 5.75 Å². The lowest BCUT2D eigenvalue weighted by atomic mass is 10.2. The Morgan fingerprint density at radius 1 is 1.24 bits per heavy atom. The Bertz CT molecular complexity index is 513. The van der Waals surface area contributed by atoms with Crippen LogP contribution in [0.4, 0.5) is 0 Å². The van der Waals surface area contributed by atoms with Crippen molar-refractivity contribution in [3.05, 3.63) is 35.9 Å². The fourth-order valence-corrected chi connectivity index (χ4v) is 2.53. The van der Waals surface area contributed by atoms with Gasteiger partial charge in [-0.1, -0.05) is 39.0 Å². The molecule has 116 valence electrons. The summed E-state index contributed by atoms with van der Waals surface area (Å²) in [4.78, 5) is 11.4. The van der Waals surface area contributed by atoms with Crippen LogP contribution in [0.1, 0.15) is 33.3 Å². The second-order valence-electron chi connectivity index (χ2n) is 6.49. The number of benzene rings is 1. The SMILES string of the molecule is CCOC(=O)/C=C/c1ccccc1O[Si](C)(C)C(C)(C)C. The van der Waals surface area contributed by atoms with Gasteiger partial charge in [-0.2, -0.15) is 0 Å². The quantitative estimate of drug-likeness (QED) is 0.451. The van der Waals surface area contributed by atoms with Crippen LogP contribution in [0.3, 0.4) is 0 Å². The van der Waals surface area contributed by atoms with Gasteiger partial charge >= 0.3 is 5.97 Å². The van der Waals surface area contributed by atoms with Gasteiger partial charge in [-0.15, -0.1) is 0 Å². The fraction of sp³-hybridized carbons (Fsp3) is 0.471. The van der Waals surface area contributed by atoms with Crippen molar-refractivity contribution in [2.45, 2.75) is 45.8 Å². The van der Waals surface area contributed by atoms with Crippen molar-refractivity contribution in [2.24, 2.45) is 0 Å². The van der Waals surface area contributed by atoms with Gasteiger partial charge in [0.15, 0.2) is 0 Å². The molecule has 21 heavy (non-hydrogen) atoms. The van der Waals surface area contributed by atoms with Crippen LogP contribution in [0.25, 0.3) is 6.08 Å². The van der Waals surface area contributed by atoms with Gasteiger partial charge in [-0.05, 0) is 37.2 Å². The molecular formula is C17H26O3Si. The predicted octanol–water partition coefficient (Wildman–Crippen LogP) is 4.65. The van der Waals surface area contributed by atoms with Gasteiger partial charge in [0.05, 0.1) is 6.61 Å².